The van der Waals surface area contributed by atoms with E-state index in [1.807, 2.05) is 0 Å². The number of quaternary nitrogens is 1. The lowest BCUT2D eigenvalue weighted by Gasteiger charge is -2.14. The highest BCUT2D eigenvalue weighted by molar-refractivity contribution is 7.80. The van der Waals surface area contributed by atoms with Gasteiger partial charge in [0.15, 0.2) is 11.8 Å². The monoisotopic (exact) mass is 483 g/mol. The van der Waals surface area contributed by atoms with E-state index in [4.69, 9.17) is 0 Å². The Morgan fingerprint density at radius 2 is 1.39 bits per heavy atom. The number of rotatable bonds is 8. The summed E-state index contributed by atoms with van der Waals surface area (Å²) in [4.78, 5) is 50.3. The summed E-state index contributed by atoms with van der Waals surface area (Å²) in [7, 11) is 0. The van der Waals surface area contributed by atoms with Gasteiger partial charge in [0.2, 0.25) is 0 Å². The first-order chi connectivity index (χ1) is 15.4. The Labute approximate surface area is 202 Å². The second kappa shape index (κ2) is 12.0. The zero-order valence-electron chi connectivity index (χ0n) is 17.5. The van der Waals surface area contributed by atoms with E-state index < -0.39 is 17.7 Å². The fourth-order valence-corrected chi connectivity index (χ4v) is 3.06. The van der Waals surface area contributed by atoms with Crippen LogP contribution < -0.4 is 28.8 Å². The third kappa shape index (κ3) is 6.52. The van der Waals surface area contributed by atoms with Crippen LogP contribution in [0.3, 0.4) is 0 Å². The molecule has 2 amide bonds. The van der Waals surface area contributed by atoms with E-state index in [0.717, 1.165) is 0 Å². The van der Waals surface area contributed by atoms with Crippen LogP contribution in [-0.4, -0.2) is 35.2 Å². The van der Waals surface area contributed by atoms with Crippen molar-refractivity contribution in [3.8, 4) is 0 Å². The van der Waals surface area contributed by atoms with Crippen molar-refractivity contribution in [3.05, 3.63) is 95.6 Å². The molecule has 3 aromatic rings. The summed E-state index contributed by atoms with van der Waals surface area (Å²) in [6.45, 7) is 0. The Kier molecular flexibility index (Phi) is 9.35. The summed E-state index contributed by atoms with van der Waals surface area (Å²) in [5, 5.41) is 5.21. The van der Waals surface area contributed by atoms with Crippen molar-refractivity contribution in [3.63, 3.8) is 0 Å². The van der Waals surface area contributed by atoms with Gasteiger partial charge in [-0.25, -0.2) is 0 Å². The van der Waals surface area contributed by atoms with Crippen LogP contribution in [0.1, 0.15) is 26.3 Å². The first kappa shape index (κ1) is 25.8. The van der Waals surface area contributed by atoms with Crippen molar-refractivity contribution >= 4 is 47.4 Å². The van der Waals surface area contributed by atoms with Gasteiger partial charge in [0.05, 0.1) is 11.4 Å². The van der Waals surface area contributed by atoms with Crippen molar-refractivity contribution in [1.29, 1.82) is 0 Å². The summed E-state index contributed by atoms with van der Waals surface area (Å²) in [6, 6.07) is 20.5. The number of anilines is 2. The van der Waals surface area contributed by atoms with Gasteiger partial charge >= 0.3 is 0 Å². The summed E-state index contributed by atoms with van der Waals surface area (Å²) in [5.41, 5.74) is 4.99. The highest BCUT2D eigenvalue weighted by atomic mass is 35.5. The fourth-order valence-electron chi connectivity index (χ4n) is 2.89. The molecule has 0 heterocycles. The number of Topliss-reactive ketones (excluding diaryl/α,β-unsaturated/α-hetero) is 1. The van der Waals surface area contributed by atoms with Crippen molar-refractivity contribution in [2.24, 2.45) is 0 Å². The molecule has 0 bridgehead atoms. The molecule has 0 aliphatic carbocycles. The number of nitrogens with one attached hydrogen (secondary N) is 2. The van der Waals surface area contributed by atoms with E-state index in [1.165, 1.54) is 30.3 Å². The van der Waals surface area contributed by atoms with E-state index in [0.29, 0.717) is 11.3 Å². The average molecular weight is 484 g/mol. The van der Waals surface area contributed by atoms with Crippen LogP contribution in [0, 0.1) is 0 Å². The minimum atomic E-state index is -0.872. The van der Waals surface area contributed by atoms with Gasteiger partial charge in [0.25, 0.3) is 17.6 Å². The molecular weight excluding hydrogens is 462 g/mol. The van der Waals surface area contributed by atoms with Gasteiger partial charge in [0.1, 0.15) is 0 Å². The molecule has 0 aliphatic heterocycles. The maximum absolute atomic E-state index is 13.1. The topological polar surface area (TPSA) is 120 Å². The third-order valence-corrected chi connectivity index (χ3v) is 5.09. The lowest BCUT2D eigenvalue weighted by molar-refractivity contribution is -0.395. The second-order valence-electron chi connectivity index (χ2n) is 6.97. The molecular formula is C24H22ClN3O4S. The Hall–Kier alpha value is -3.46. The van der Waals surface area contributed by atoms with Gasteiger partial charge < -0.3 is 28.8 Å². The predicted octanol–water partition coefficient (Wildman–Crippen LogP) is -0.778. The molecule has 0 radical (unpaired) electrons. The summed E-state index contributed by atoms with van der Waals surface area (Å²) in [5.74, 6) is -2.06. The molecule has 0 aliphatic rings. The van der Waals surface area contributed by atoms with Crippen molar-refractivity contribution < 1.29 is 37.3 Å². The minimum absolute atomic E-state index is 0. The quantitative estimate of drug-likeness (QED) is 0.191. The van der Waals surface area contributed by atoms with Crippen molar-refractivity contribution in [2.75, 3.05) is 16.4 Å². The smallest absolute Gasteiger partial charge is 0.296 e. The minimum Gasteiger partial charge on any atom is -1.00 e. The maximum Gasteiger partial charge on any atom is 0.296 e. The number of benzene rings is 3. The van der Waals surface area contributed by atoms with Crippen LogP contribution in [-0.2, 0) is 9.59 Å². The largest absolute Gasteiger partial charge is 1.00 e. The number of ketones is 2. The van der Waals surface area contributed by atoms with E-state index in [2.05, 4.69) is 29.0 Å². The van der Waals surface area contributed by atoms with Crippen LogP contribution in [0.25, 0.3) is 0 Å². The number of thiol groups is 1. The number of carbonyl (C=O) groups excluding carboxylic acids is 4. The Morgan fingerprint density at radius 1 is 0.818 bits per heavy atom. The predicted molar refractivity (Wildman–Crippen MR) is 125 cm³/mol. The molecule has 0 spiro atoms. The molecule has 0 fully saturated rings. The Balaban J connectivity index is 0.00000385. The highest BCUT2D eigenvalue weighted by Gasteiger charge is 2.22. The molecule has 0 aromatic heterocycles. The standard InChI is InChI=1S/C24H21N3O4S.ClH/c25-19(14-32)23(30)26-17-11-12-20(18(13-17)21(28)15-7-3-1-4-8-15)27-24(31)22(29)16-9-5-2-6-10-16;/h1-13,19,32H,14,25H2,(H,26,30)(H,27,31);1H/t19-;/m0./s1. The highest BCUT2D eigenvalue weighted by Crippen LogP contribution is 2.24. The number of amides is 2. The molecule has 3 aromatic carbocycles. The van der Waals surface area contributed by atoms with Crippen LogP contribution in [0.2, 0.25) is 0 Å². The molecule has 3 rings (SSSR count). The summed E-state index contributed by atoms with van der Waals surface area (Å²) in [6.07, 6.45) is 0. The van der Waals surface area contributed by atoms with E-state index in [1.54, 1.807) is 48.5 Å². The van der Waals surface area contributed by atoms with E-state index in [9.17, 15) is 19.2 Å². The normalized spacial score (nSPS) is 11.0. The van der Waals surface area contributed by atoms with Gasteiger partial charge in [-0.05, 0) is 18.2 Å². The van der Waals surface area contributed by atoms with Crippen LogP contribution >= 0.6 is 12.6 Å². The SMILES string of the molecule is [Cl-].[NH3+][C@@H](CS)C(=O)Nc1ccc(NC(=O)C(=O)c2ccccc2)c(C(=O)c2ccccc2)c1. The average Bonchev–Trinajstić information content (AvgIpc) is 2.84. The lowest BCUT2D eigenvalue weighted by Crippen LogP contribution is -3.00. The molecule has 1 atom stereocenters. The molecule has 170 valence electrons. The maximum atomic E-state index is 13.1. The van der Waals surface area contributed by atoms with Gasteiger partial charge in [-0.15, -0.1) is 0 Å². The molecule has 7 nitrogen and oxygen atoms in total. The Morgan fingerprint density at radius 3 is 1.97 bits per heavy atom. The Bertz CT molecular complexity index is 1160. The first-order valence-electron chi connectivity index (χ1n) is 9.80. The van der Waals surface area contributed by atoms with E-state index >= 15 is 0 Å². The first-order valence-corrected chi connectivity index (χ1v) is 10.4. The number of halogens is 1. The zero-order valence-corrected chi connectivity index (χ0v) is 19.1. The zero-order chi connectivity index (χ0) is 23.1. The molecule has 0 unspecified atom stereocenters. The molecule has 0 saturated carbocycles. The van der Waals surface area contributed by atoms with Crippen LogP contribution in [0.4, 0.5) is 11.4 Å². The van der Waals surface area contributed by atoms with Crippen LogP contribution in [0.5, 0.6) is 0 Å². The fraction of sp³-hybridized carbons (Fsp3) is 0.0833. The number of carbonyl (C=O) groups is 4. The third-order valence-electron chi connectivity index (χ3n) is 4.65. The van der Waals surface area contributed by atoms with Crippen LogP contribution in [0.15, 0.2) is 78.9 Å². The molecule has 0 saturated heterocycles. The lowest BCUT2D eigenvalue weighted by atomic mass is 10.0. The van der Waals surface area contributed by atoms with Gasteiger partial charge in [-0.2, -0.15) is 12.6 Å². The van der Waals surface area contributed by atoms with Gasteiger partial charge in [-0.1, -0.05) is 60.7 Å². The van der Waals surface area contributed by atoms with Crippen molar-refractivity contribution in [2.45, 2.75) is 6.04 Å². The van der Waals surface area contributed by atoms with Gasteiger partial charge in [0, 0.05) is 22.4 Å². The van der Waals surface area contributed by atoms with E-state index in [-0.39, 0.29) is 46.7 Å². The van der Waals surface area contributed by atoms with Gasteiger partial charge in [-0.3, -0.25) is 19.2 Å². The number of hydrogen-bond donors (Lipinski definition) is 4. The molecule has 33 heavy (non-hydrogen) atoms. The number of hydrogen-bond acceptors (Lipinski definition) is 5. The van der Waals surface area contributed by atoms with Crippen molar-refractivity contribution in [1.82, 2.24) is 0 Å². The summed E-state index contributed by atoms with van der Waals surface area (Å²) < 4.78 is 0. The summed E-state index contributed by atoms with van der Waals surface area (Å²) >= 11 is 4.07. The second-order valence-corrected chi connectivity index (χ2v) is 7.34. The molecule has 5 N–H and O–H groups in total. The molecule has 9 heteroatoms.